The van der Waals surface area contributed by atoms with E-state index in [9.17, 15) is 23.1 Å². The van der Waals surface area contributed by atoms with Crippen molar-refractivity contribution in [1.82, 2.24) is 14.5 Å². The molecule has 198 valence electrons. The molecule has 0 radical (unpaired) electrons. The minimum Gasteiger partial charge on any atom is -0.486 e. The number of aliphatic hydroxyl groups excluding tert-OH is 1. The molecule has 2 heterocycles. The van der Waals surface area contributed by atoms with Crippen molar-refractivity contribution in [1.29, 1.82) is 0 Å². The highest BCUT2D eigenvalue weighted by Gasteiger charge is 2.36. The first-order valence-corrected chi connectivity index (χ1v) is 14.1. The summed E-state index contributed by atoms with van der Waals surface area (Å²) < 4.78 is 34.0. The Kier molecular flexibility index (Phi) is 8.98. The van der Waals surface area contributed by atoms with Gasteiger partial charge in [-0.15, -0.1) is 11.3 Å². The van der Waals surface area contributed by atoms with Gasteiger partial charge < -0.3 is 25.4 Å². The number of ether oxygens (including phenoxy) is 1. The molecular weight excluding hydrogens is 504 g/mol. The SMILES string of the molecule is CC(C)NC(=O)Nc1cccc2c1O[C@H](CN(C)S(=O)(=O)c1cccs1)[C@H](C)CN([C@H](C)CO)C2=O. The van der Waals surface area contributed by atoms with E-state index in [0.29, 0.717) is 5.69 Å². The van der Waals surface area contributed by atoms with Crippen LogP contribution in [0, 0.1) is 5.92 Å². The predicted octanol–water partition coefficient (Wildman–Crippen LogP) is 2.82. The number of fused-ring (bicyclic) bond motifs is 1. The number of carbonyl (C=O) groups is 2. The highest BCUT2D eigenvalue weighted by Crippen LogP contribution is 2.35. The minimum atomic E-state index is -3.73. The molecule has 0 fully saturated rings. The van der Waals surface area contributed by atoms with Crippen LogP contribution in [-0.4, -0.2) is 79.6 Å². The zero-order valence-corrected chi connectivity index (χ0v) is 22.7. The summed E-state index contributed by atoms with van der Waals surface area (Å²) in [6, 6.07) is 7.05. The Morgan fingerprint density at radius 3 is 2.61 bits per heavy atom. The van der Waals surface area contributed by atoms with Crippen molar-refractivity contribution in [3.8, 4) is 5.75 Å². The second-order valence-electron chi connectivity index (χ2n) is 9.28. The van der Waals surface area contributed by atoms with Gasteiger partial charge in [0.15, 0.2) is 5.75 Å². The van der Waals surface area contributed by atoms with Crippen molar-refractivity contribution in [3.63, 3.8) is 0 Å². The van der Waals surface area contributed by atoms with E-state index >= 15 is 0 Å². The lowest BCUT2D eigenvalue weighted by Gasteiger charge is -2.38. The first-order chi connectivity index (χ1) is 16.9. The molecule has 3 atom stereocenters. The Labute approximate surface area is 216 Å². The third-order valence-electron chi connectivity index (χ3n) is 5.96. The van der Waals surface area contributed by atoms with E-state index < -0.39 is 28.2 Å². The minimum absolute atomic E-state index is 0.0168. The van der Waals surface area contributed by atoms with Crippen molar-refractivity contribution < 1.29 is 27.9 Å². The molecule has 3 amide bonds. The summed E-state index contributed by atoms with van der Waals surface area (Å²) in [5.41, 5.74) is 0.511. The molecule has 12 heteroatoms. The molecule has 10 nitrogen and oxygen atoms in total. The highest BCUT2D eigenvalue weighted by atomic mass is 32.2. The number of nitrogens with one attached hydrogen (secondary N) is 2. The van der Waals surface area contributed by atoms with E-state index in [1.54, 1.807) is 47.5 Å². The summed E-state index contributed by atoms with van der Waals surface area (Å²) in [6.45, 7) is 7.29. The molecule has 1 aromatic heterocycles. The molecule has 3 rings (SSSR count). The van der Waals surface area contributed by atoms with Crippen LogP contribution in [0.25, 0.3) is 0 Å². The van der Waals surface area contributed by atoms with Gasteiger partial charge >= 0.3 is 6.03 Å². The van der Waals surface area contributed by atoms with Crippen molar-refractivity contribution in [2.45, 2.75) is 50.1 Å². The maximum atomic E-state index is 13.5. The third-order valence-corrected chi connectivity index (χ3v) is 9.15. The molecule has 36 heavy (non-hydrogen) atoms. The number of carbonyl (C=O) groups excluding carboxylic acids is 2. The molecule has 0 saturated heterocycles. The number of sulfonamides is 1. The number of thiophene rings is 1. The van der Waals surface area contributed by atoms with Crippen molar-refractivity contribution in [2.75, 3.05) is 32.1 Å². The van der Waals surface area contributed by atoms with Crippen molar-refractivity contribution in [3.05, 3.63) is 41.3 Å². The number of nitrogens with zero attached hydrogens (tertiary/aromatic N) is 2. The molecule has 2 aromatic rings. The smallest absolute Gasteiger partial charge is 0.319 e. The summed E-state index contributed by atoms with van der Waals surface area (Å²) in [6.07, 6.45) is -0.652. The topological polar surface area (TPSA) is 128 Å². The van der Waals surface area contributed by atoms with Gasteiger partial charge in [0.2, 0.25) is 0 Å². The van der Waals surface area contributed by atoms with Crippen LogP contribution in [0.15, 0.2) is 39.9 Å². The van der Waals surface area contributed by atoms with Crippen LogP contribution in [0.1, 0.15) is 38.1 Å². The van der Waals surface area contributed by atoms with Gasteiger partial charge in [-0.05, 0) is 44.4 Å². The van der Waals surface area contributed by atoms with Crippen LogP contribution in [-0.2, 0) is 10.0 Å². The summed E-state index contributed by atoms with van der Waals surface area (Å²) in [5.74, 6) is -0.478. The van der Waals surface area contributed by atoms with E-state index in [2.05, 4.69) is 10.6 Å². The average Bonchev–Trinajstić information content (AvgIpc) is 3.36. The largest absolute Gasteiger partial charge is 0.486 e. The zero-order chi connectivity index (χ0) is 26.6. The lowest BCUT2D eigenvalue weighted by molar-refractivity contribution is 0.0389. The number of anilines is 1. The monoisotopic (exact) mass is 538 g/mol. The number of hydrogen-bond donors (Lipinski definition) is 3. The van der Waals surface area contributed by atoms with Crippen LogP contribution in [0.5, 0.6) is 5.75 Å². The van der Waals surface area contributed by atoms with Crippen LogP contribution in [0.3, 0.4) is 0 Å². The molecule has 1 aromatic carbocycles. The van der Waals surface area contributed by atoms with Gasteiger partial charge in [0, 0.05) is 25.6 Å². The molecule has 1 aliphatic rings. The lowest BCUT2D eigenvalue weighted by Crippen LogP contribution is -2.50. The van der Waals surface area contributed by atoms with Crippen molar-refractivity contribution in [2.24, 2.45) is 5.92 Å². The Balaban J connectivity index is 2.02. The zero-order valence-electron chi connectivity index (χ0n) is 21.1. The molecule has 3 N–H and O–H groups in total. The van der Waals surface area contributed by atoms with Gasteiger partial charge in [-0.25, -0.2) is 13.2 Å². The molecule has 0 unspecified atom stereocenters. The van der Waals surface area contributed by atoms with Gasteiger partial charge in [0.1, 0.15) is 10.3 Å². The Bertz CT molecular complexity index is 1170. The molecule has 0 bridgehead atoms. The van der Waals surface area contributed by atoms with Crippen LogP contribution < -0.4 is 15.4 Å². The lowest BCUT2D eigenvalue weighted by atomic mass is 9.99. The Morgan fingerprint density at radius 1 is 1.28 bits per heavy atom. The number of likely N-dealkylation sites (N-methyl/N-ethyl adjacent to an activating group) is 1. The standard InChI is InChI=1S/C24H34N4O6S2/c1-15(2)25-24(31)26-19-9-6-8-18-22(19)34-20(16(3)12-28(23(18)30)17(4)14-29)13-27(5)36(32,33)21-10-7-11-35-21/h6-11,15-17,20,29H,12-14H2,1-5H3,(H2,25,26,31)/t16-,17-,20-/m1/s1. The molecular formula is C24H34N4O6S2. The quantitative estimate of drug-likeness (QED) is 0.474. The van der Waals surface area contributed by atoms with Gasteiger partial charge in [0.05, 0.1) is 30.4 Å². The van der Waals surface area contributed by atoms with Gasteiger partial charge in [-0.2, -0.15) is 4.31 Å². The number of aliphatic hydroxyl groups is 1. The number of para-hydroxylation sites is 1. The fraction of sp³-hybridized carbons (Fsp3) is 0.500. The summed E-state index contributed by atoms with van der Waals surface area (Å²) >= 11 is 1.13. The van der Waals surface area contributed by atoms with Gasteiger partial charge in [-0.3, -0.25) is 4.79 Å². The van der Waals surface area contributed by atoms with E-state index in [-0.39, 0.29) is 53.1 Å². The Morgan fingerprint density at radius 2 is 2.00 bits per heavy atom. The maximum absolute atomic E-state index is 13.5. The second-order valence-corrected chi connectivity index (χ2v) is 12.5. The molecule has 1 aliphatic heterocycles. The van der Waals surface area contributed by atoms with Crippen LogP contribution in [0.2, 0.25) is 0 Å². The van der Waals surface area contributed by atoms with E-state index in [4.69, 9.17) is 4.74 Å². The highest BCUT2D eigenvalue weighted by molar-refractivity contribution is 7.91. The van der Waals surface area contributed by atoms with E-state index in [1.807, 2.05) is 20.8 Å². The summed E-state index contributed by atoms with van der Waals surface area (Å²) in [5, 5.41) is 17.0. The number of benzene rings is 1. The number of hydrogen-bond acceptors (Lipinski definition) is 7. The third kappa shape index (κ3) is 6.17. The fourth-order valence-electron chi connectivity index (χ4n) is 3.90. The van der Waals surface area contributed by atoms with E-state index in [0.717, 1.165) is 11.3 Å². The number of urea groups is 1. The average molecular weight is 539 g/mol. The molecule has 0 aliphatic carbocycles. The fourth-order valence-corrected chi connectivity index (χ4v) is 6.28. The van der Waals surface area contributed by atoms with Crippen LogP contribution in [0.4, 0.5) is 10.5 Å². The van der Waals surface area contributed by atoms with Crippen LogP contribution >= 0.6 is 11.3 Å². The number of amides is 3. The van der Waals surface area contributed by atoms with E-state index in [1.165, 1.54) is 11.4 Å². The molecule has 0 saturated carbocycles. The second kappa shape index (κ2) is 11.6. The van der Waals surface area contributed by atoms with Gasteiger partial charge in [0.25, 0.3) is 15.9 Å². The first kappa shape index (κ1) is 27.9. The molecule has 0 spiro atoms. The maximum Gasteiger partial charge on any atom is 0.319 e. The first-order valence-electron chi connectivity index (χ1n) is 11.7. The predicted molar refractivity (Wildman–Crippen MR) is 139 cm³/mol. The normalized spacial score (nSPS) is 19.3. The van der Waals surface area contributed by atoms with Gasteiger partial charge in [-0.1, -0.05) is 19.1 Å². The number of rotatable bonds is 8. The van der Waals surface area contributed by atoms with Crippen molar-refractivity contribution >= 4 is 39.0 Å². The summed E-state index contributed by atoms with van der Waals surface area (Å²) in [4.78, 5) is 27.5. The summed E-state index contributed by atoms with van der Waals surface area (Å²) in [7, 11) is -2.24. The Hall–Kier alpha value is -2.67.